The molecule has 22 heavy (non-hydrogen) atoms. The van der Waals surface area contributed by atoms with Crippen LogP contribution < -0.4 is 10.6 Å². The highest BCUT2D eigenvalue weighted by Crippen LogP contribution is 2.31. The molecule has 0 aromatic carbocycles. The van der Waals surface area contributed by atoms with Gasteiger partial charge in [0.05, 0.1) is 11.4 Å². The van der Waals surface area contributed by atoms with Crippen LogP contribution in [-0.4, -0.2) is 34.1 Å². The Balaban J connectivity index is 2.06. The molecule has 2 aromatic heterocycles. The molecule has 3 rings (SSSR count). The SMILES string of the molecule is NC1CCN(c2nc(-c3ccccn3)cc(C(F)(F)F)n2)C1. The molecule has 0 bridgehead atoms. The molecule has 8 heteroatoms. The Morgan fingerprint density at radius 1 is 1.18 bits per heavy atom. The summed E-state index contributed by atoms with van der Waals surface area (Å²) in [4.78, 5) is 13.6. The van der Waals surface area contributed by atoms with Gasteiger partial charge in [0, 0.05) is 25.3 Å². The molecule has 116 valence electrons. The van der Waals surface area contributed by atoms with Crippen molar-refractivity contribution in [3.63, 3.8) is 0 Å². The quantitative estimate of drug-likeness (QED) is 0.920. The van der Waals surface area contributed by atoms with Gasteiger partial charge in [0.1, 0.15) is 0 Å². The highest BCUT2D eigenvalue weighted by Gasteiger charge is 2.35. The Kier molecular flexibility index (Phi) is 3.69. The molecule has 0 aliphatic carbocycles. The second-order valence-electron chi connectivity index (χ2n) is 5.15. The summed E-state index contributed by atoms with van der Waals surface area (Å²) >= 11 is 0. The van der Waals surface area contributed by atoms with Gasteiger partial charge in [-0.1, -0.05) is 6.07 Å². The first-order chi connectivity index (χ1) is 10.4. The fraction of sp³-hybridized carbons (Fsp3) is 0.357. The number of hydrogen-bond donors (Lipinski definition) is 1. The fourth-order valence-electron chi connectivity index (χ4n) is 2.34. The maximum atomic E-state index is 13.1. The monoisotopic (exact) mass is 309 g/mol. The van der Waals surface area contributed by atoms with Crippen LogP contribution in [0.5, 0.6) is 0 Å². The Labute approximate surface area is 125 Å². The van der Waals surface area contributed by atoms with Gasteiger partial charge >= 0.3 is 6.18 Å². The molecule has 0 saturated carbocycles. The summed E-state index contributed by atoms with van der Waals surface area (Å²) in [5, 5.41) is 0. The number of hydrogen-bond acceptors (Lipinski definition) is 5. The molecule has 1 fully saturated rings. The van der Waals surface area contributed by atoms with Crippen LogP contribution in [0, 0.1) is 0 Å². The molecule has 0 amide bonds. The molecule has 1 atom stereocenters. The van der Waals surface area contributed by atoms with Crippen molar-refractivity contribution in [2.75, 3.05) is 18.0 Å². The van der Waals surface area contributed by atoms with Gasteiger partial charge in [-0.25, -0.2) is 9.97 Å². The molecule has 1 unspecified atom stereocenters. The van der Waals surface area contributed by atoms with Crippen LogP contribution >= 0.6 is 0 Å². The molecule has 0 spiro atoms. The van der Waals surface area contributed by atoms with E-state index in [-0.39, 0.29) is 17.7 Å². The summed E-state index contributed by atoms with van der Waals surface area (Å²) in [5.74, 6) is 0.0448. The van der Waals surface area contributed by atoms with Gasteiger partial charge in [-0.2, -0.15) is 13.2 Å². The minimum Gasteiger partial charge on any atom is -0.339 e. The number of nitrogens with two attached hydrogens (primary N) is 1. The van der Waals surface area contributed by atoms with Crippen molar-refractivity contribution >= 4 is 5.95 Å². The van der Waals surface area contributed by atoms with Crippen molar-refractivity contribution in [2.45, 2.75) is 18.6 Å². The molecule has 2 N–H and O–H groups in total. The van der Waals surface area contributed by atoms with E-state index >= 15 is 0 Å². The lowest BCUT2D eigenvalue weighted by atomic mass is 10.2. The summed E-state index contributed by atoms with van der Waals surface area (Å²) < 4.78 is 39.2. The second-order valence-corrected chi connectivity index (χ2v) is 5.15. The summed E-state index contributed by atoms with van der Waals surface area (Å²) in [5.41, 5.74) is 5.36. The van der Waals surface area contributed by atoms with E-state index in [2.05, 4.69) is 15.0 Å². The van der Waals surface area contributed by atoms with Crippen LogP contribution in [0.25, 0.3) is 11.4 Å². The Morgan fingerprint density at radius 3 is 2.59 bits per heavy atom. The number of pyridine rings is 1. The number of halogens is 3. The topological polar surface area (TPSA) is 67.9 Å². The smallest absolute Gasteiger partial charge is 0.339 e. The zero-order valence-electron chi connectivity index (χ0n) is 11.6. The van der Waals surface area contributed by atoms with Gasteiger partial charge in [0.15, 0.2) is 5.69 Å². The first-order valence-corrected chi connectivity index (χ1v) is 6.82. The first kappa shape index (κ1) is 14.7. The van der Waals surface area contributed by atoms with E-state index in [1.807, 2.05) is 0 Å². The number of aromatic nitrogens is 3. The average Bonchev–Trinajstić information content (AvgIpc) is 2.93. The van der Waals surface area contributed by atoms with E-state index < -0.39 is 11.9 Å². The predicted molar refractivity (Wildman–Crippen MR) is 75.1 cm³/mol. The lowest BCUT2D eigenvalue weighted by Gasteiger charge is -2.18. The van der Waals surface area contributed by atoms with Gasteiger partial charge < -0.3 is 10.6 Å². The molecule has 5 nitrogen and oxygen atoms in total. The van der Waals surface area contributed by atoms with Gasteiger partial charge in [0.2, 0.25) is 5.95 Å². The van der Waals surface area contributed by atoms with E-state index in [9.17, 15) is 13.2 Å². The molecule has 1 saturated heterocycles. The number of nitrogens with zero attached hydrogens (tertiary/aromatic N) is 4. The third-order valence-corrected chi connectivity index (χ3v) is 3.44. The van der Waals surface area contributed by atoms with Crippen LogP contribution in [0.1, 0.15) is 12.1 Å². The summed E-state index contributed by atoms with van der Waals surface area (Å²) in [6.07, 6.45) is -2.32. The normalized spacial score (nSPS) is 18.7. The fourth-order valence-corrected chi connectivity index (χ4v) is 2.34. The van der Waals surface area contributed by atoms with Crippen LogP contribution in [0.2, 0.25) is 0 Å². The Hall–Kier alpha value is -2.22. The summed E-state index contributed by atoms with van der Waals surface area (Å²) in [6, 6.07) is 5.85. The maximum absolute atomic E-state index is 13.1. The second kappa shape index (κ2) is 5.53. The average molecular weight is 309 g/mol. The van der Waals surface area contributed by atoms with E-state index in [0.717, 1.165) is 6.07 Å². The zero-order chi connectivity index (χ0) is 15.7. The predicted octanol–water partition coefficient (Wildman–Crippen LogP) is 2.09. The maximum Gasteiger partial charge on any atom is 0.433 e. The number of rotatable bonds is 2. The van der Waals surface area contributed by atoms with Crippen LogP contribution in [-0.2, 0) is 6.18 Å². The third-order valence-electron chi connectivity index (χ3n) is 3.44. The van der Waals surface area contributed by atoms with Crippen molar-refractivity contribution in [1.82, 2.24) is 15.0 Å². The van der Waals surface area contributed by atoms with E-state index in [4.69, 9.17) is 5.73 Å². The summed E-state index contributed by atoms with van der Waals surface area (Å²) in [7, 11) is 0. The van der Waals surface area contributed by atoms with E-state index in [1.54, 1.807) is 23.1 Å². The Bertz CT molecular complexity index is 659. The molecule has 1 aliphatic heterocycles. The van der Waals surface area contributed by atoms with Crippen LogP contribution in [0.4, 0.5) is 19.1 Å². The highest BCUT2D eigenvalue weighted by molar-refractivity contribution is 5.57. The largest absolute Gasteiger partial charge is 0.433 e. The molecule has 2 aromatic rings. The van der Waals surface area contributed by atoms with Crippen molar-refractivity contribution in [2.24, 2.45) is 5.73 Å². The van der Waals surface area contributed by atoms with Crippen molar-refractivity contribution in [1.29, 1.82) is 0 Å². The lowest BCUT2D eigenvalue weighted by Crippen LogP contribution is -2.28. The van der Waals surface area contributed by atoms with Gasteiger partial charge in [-0.15, -0.1) is 0 Å². The first-order valence-electron chi connectivity index (χ1n) is 6.82. The van der Waals surface area contributed by atoms with E-state index in [1.165, 1.54) is 6.20 Å². The van der Waals surface area contributed by atoms with Crippen molar-refractivity contribution in [3.05, 3.63) is 36.2 Å². The summed E-state index contributed by atoms with van der Waals surface area (Å²) in [6.45, 7) is 0.993. The van der Waals surface area contributed by atoms with Crippen molar-refractivity contribution in [3.8, 4) is 11.4 Å². The minimum absolute atomic E-state index is 0.0448. The van der Waals surface area contributed by atoms with Gasteiger partial charge in [-0.3, -0.25) is 4.98 Å². The number of alkyl halides is 3. The molecule has 0 radical (unpaired) electrons. The van der Waals surface area contributed by atoms with Crippen LogP contribution in [0.15, 0.2) is 30.5 Å². The zero-order valence-corrected chi connectivity index (χ0v) is 11.6. The van der Waals surface area contributed by atoms with Crippen molar-refractivity contribution < 1.29 is 13.2 Å². The number of anilines is 1. The standard InChI is InChI=1S/C14H14F3N5/c15-14(16,17)12-7-11(10-3-1-2-5-19-10)20-13(21-12)22-6-4-9(18)8-22/h1-3,5,7,9H,4,6,8,18H2. The van der Waals surface area contributed by atoms with E-state index in [0.29, 0.717) is 25.2 Å². The molecule has 3 heterocycles. The minimum atomic E-state index is -4.54. The molecular weight excluding hydrogens is 295 g/mol. The molecule has 1 aliphatic rings. The highest BCUT2D eigenvalue weighted by atomic mass is 19.4. The van der Waals surface area contributed by atoms with Gasteiger partial charge in [-0.05, 0) is 24.6 Å². The van der Waals surface area contributed by atoms with Gasteiger partial charge in [0.25, 0.3) is 0 Å². The lowest BCUT2D eigenvalue weighted by molar-refractivity contribution is -0.141. The third kappa shape index (κ3) is 3.01. The van der Waals surface area contributed by atoms with Crippen LogP contribution in [0.3, 0.4) is 0 Å². The molecular formula is C14H14F3N5. The Morgan fingerprint density at radius 2 is 2.00 bits per heavy atom.